The van der Waals surface area contributed by atoms with Gasteiger partial charge in [0.05, 0.1) is 11.2 Å². The highest BCUT2D eigenvalue weighted by atomic mass is 32.1. The number of carbonyl (C=O) groups excluding carboxylic acids is 1. The number of likely N-dealkylation sites (N-methyl/N-ethyl adjacent to an activating group) is 1. The van der Waals surface area contributed by atoms with Crippen LogP contribution in [0.25, 0.3) is 10.2 Å². The summed E-state index contributed by atoms with van der Waals surface area (Å²) in [7, 11) is 1.80. The maximum atomic E-state index is 13.8. The van der Waals surface area contributed by atoms with Gasteiger partial charge in [-0.1, -0.05) is 47.7 Å². The summed E-state index contributed by atoms with van der Waals surface area (Å²) in [6, 6.07) is 15.2. The van der Waals surface area contributed by atoms with Crippen LogP contribution in [0.5, 0.6) is 0 Å². The summed E-state index contributed by atoms with van der Waals surface area (Å²) in [5, 5.41) is 3.65. The van der Waals surface area contributed by atoms with Crippen LogP contribution >= 0.6 is 11.3 Å². The number of carbonyl (C=O) groups is 1. The second-order valence-electron chi connectivity index (χ2n) is 6.43. The molecule has 1 amide bonds. The lowest BCUT2D eigenvalue weighted by atomic mass is 10.1. The standard InChI is InChI=1S/C20H22FN3OS/c1-14(11-12-15-7-4-3-5-8-15)22-18(25)13-24(2)20-23-19-16(21)9-6-10-17(19)26-20/h3-10,14H,11-13H2,1-2H3,(H,22,25). The molecule has 4 nitrogen and oxygen atoms in total. The van der Waals surface area contributed by atoms with Crippen molar-refractivity contribution in [3.8, 4) is 0 Å². The van der Waals surface area contributed by atoms with Crippen LogP contribution in [0.4, 0.5) is 9.52 Å². The largest absolute Gasteiger partial charge is 0.352 e. The van der Waals surface area contributed by atoms with Gasteiger partial charge in [0.25, 0.3) is 0 Å². The average Bonchev–Trinajstić information content (AvgIpc) is 3.07. The van der Waals surface area contributed by atoms with E-state index in [9.17, 15) is 9.18 Å². The number of aromatic nitrogens is 1. The molecule has 0 bridgehead atoms. The van der Waals surface area contributed by atoms with Crippen LogP contribution in [-0.4, -0.2) is 30.5 Å². The number of aryl methyl sites for hydroxylation is 1. The van der Waals surface area contributed by atoms with Gasteiger partial charge in [-0.2, -0.15) is 0 Å². The minimum absolute atomic E-state index is 0.0622. The van der Waals surface area contributed by atoms with E-state index in [0.717, 1.165) is 17.5 Å². The monoisotopic (exact) mass is 371 g/mol. The Hall–Kier alpha value is -2.47. The molecule has 1 N–H and O–H groups in total. The van der Waals surface area contributed by atoms with Gasteiger partial charge in [0.2, 0.25) is 5.91 Å². The van der Waals surface area contributed by atoms with Gasteiger partial charge in [-0.05, 0) is 37.5 Å². The predicted octanol–water partition coefficient (Wildman–Crippen LogP) is 4.01. The number of fused-ring (bicyclic) bond motifs is 1. The number of nitrogens with one attached hydrogen (secondary N) is 1. The molecule has 2 aromatic carbocycles. The highest BCUT2D eigenvalue weighted by molar-refractivity contribution is 7.22. The summed E-state index contributed by atoms with van der Waals surface area (Å²) in [4.78, 5) is 18.3. The van der Waals surface area contributed by atoms with Gasteiger partial charge < -0.3 is 10.2 Å². The minimum Gasteiger partial charge on any atom is -0.352 e. The minimum atomic E-state index is -0.336. The molecule has 0 saturated heterocycles. The van der Waals surface area contributed by atoms with Crippen molar-refractivity contribution in [2.45, 2.75) is 25.8 Å². The maximum absolute atomic E-state index is 13.8. The number of anilines is 1. The Balaban J connectivity index is 1.52. The molecule has 1 heterocycles. The number of nitrogens with zero attached hydrogens (tertiary/aromatic N) is 2. The summed E-state index contributed by atoms with van der Waals surface area (Å²) in [5.41, 5.74) is 1.62. The first-order valence-electron chi connectivity index (χ1n) is 8.62. The summed E-state index contributed by atoms with van der Waals surface area (Å²) >= 11 is 1.38. The fraction of sp³-hybridized carbons (Fsp3) is 0.300. The molecule has 0 aliphatic rings. The van der Waals surface area contributed by atoms with Gasteiger partial charge in [-0.3, -0.25) is 4.79 Å². The summed E-state index contributed by atoms with van der Waals surface area (Å²) in [6.07, 6.45) is 1.81. The van der Waals surface area contributed by atoms with E-state index in [4.69, 9.17) is 0 Å². The molecule has 0 saturated carbocycles. The highest BCUT2D eigenvalue weighted by Crippen LogP contribution is 2.29. The Morgan fingerprint density at radius 3 is 2.73 bits per heavy atom. The smallest absolute Gasteiger partial charge is 0.239 e. The lowest BCUT2D eigenvalue weighted by molar-refractivity contribution is -0.120. The second kappa shape index (κ2) is 8.27. The molecule has 26 heavy (non-hydrogen) atoms. The molecule has 0 spiro atoms. The quantitative estimate of drug-likeness (QED) is 0.683. The summed E-state index contributed by atoms with van der Waals surface area (Å²) < 4.78 is 14.5. The Morgan fingerprint density at radius 1 is 1.23 bits per heavy atom. The predicted molar refractivity (Wildman–Crippen MR) is 105 cm³/mol. The van der Waals surface area contributed by atoms with Crippen LogP contribution in [0.15, 0.2) is 48.5 Å². The molecule has 3 rings (SSSR count). The van der Waals surface area contributed by atoms with Crippen molar-refractivity contribution in [2.24, 2.45) is 0 Å². The van der Waals surface area contributed by atoms with Crippen molar-refractivity contribution in [3.63, 3.8) is 0 Å². The topological polar surface area (TPSA) is 45.2 Å². The highest BCUT2D eigenvalue weighted by Gasteiger charge is 2.15. The molecule has 1 atom stereocenters. The Bertz CT molecular complexity index is 881. The molecule has 0 aliphatic heterocycles. The Morgan fingerprint density at radius 2 is 2.00 bits per heavy atom. The van der Waals surface area contributed by atoms with Crippen LogP contribution in [0.2, 0.25) is 0 Å². The number of benzene rings is 2. The number of para-hydroxylation sites is 1. The van der Waals surface area contributed by atoms with Crippen LogP contribution in [0, 0.1) is 5.82 Å². The number of thiazole rings is 1. The summed E-state index contributed by atoms with van der Waals surface area (Å²) in [5.74, 6) is -0.398. The first-order chi connectivity index (χ1) is 12.5. The van der Waals surface area contributed by atoms with E-state index in [-0.39, 0.29) is 24.3 Å². The van der Waals surface area contributed by atoms with Crippen LogP contribution in [0.1, 0.15) is 18.9 Å². The van der Waals surface area contributed by atoms with E-state index in [1.807, 2.05) is 31.2 Å². The zero-order chi connectivity index (χ0) is 18.5. The number of halogens is 1. The van der Waals surface area contributed by atoms with Crippen LogP contribution in [-0.2, 0) is 11.2 Å². The van der Waals surface area contributed by atoms with E-state index in [1.165, 1.54) is 23.0 Å². The SMILES string of the molecule is CC(CCc1ccccc1)NC(=O)CN(C)c1nc2c(F)cccc2s1. The number of hydrogen-bond donors (Lipinski definition) is 1. The molecule has 3 aromatic rings. The molecule has 0 fully saturated rings. The first kappa shape index (κ1) is 18.3. The number of hydrogen-bond acceptors (Lipinski definition) is 4. The Kier molecular flexibility index (Phi) is 5.83. The van der Waals surface area contributed by atoms with E-state index in [0.29, 0.717) is 10.6 Å². The summed E-state index contributed by atoms with van der Waals surface area (Å²) in [6.45, 7) is 2.20. The normalized spacial score (nSPS) is 12.1. The maximum Gasteiger partial charge on any atom is 0.239 e. The average molecular weight is 371 g/mol. The van der Waals surface area contributed by atoms with Crippen LogP contribution in [0.3, 0.4) is 0 Å². The lowest BCUT2D eigenvalue weighted by Crippen LogP contribution is -2.40. The van der Waals surface area contributed by atoms with Gasteiger partial charge in [0.15, 0.2) is 5.13 Å². The lowest BCUT2D eigenvalue weighted by Gasteiger charge is -2.18. The number of rotatable bonds is 7. The van der Waals surface area contributed by atoms with E-state index >= 15 is 0 Å². The third-order valence-electron chi connectivity index (χ3n) is 4.18. The zero-order valence-corrected chi connectivity index (χ0v) is 15.7. The third-order valence-corrected chi connectivity index (χ3v) is 5.32. The van der Waals surface area contributed by atoms with Gasteiger partial charge >= 0.3 is 0 Å². The second-order valence-corrected chi connectivity index (χ2v) is 7.44. The van der Waals surface area contributed by atoms with Crippen molar-refractivity contribution in [2.75, 3.05) is 18.5 Å². The van der Waals surface area contributed by atoms with E-state index in [1.54, 1.807) is 18.0 Å². The number of amides is 1. The van der Waals surface area contributed by atoms with E-state index in [2.05, 4.69) is 22.4 Å². The molecule has 1 unspecified atom stereocenters. The molecule has 6 heteroatoms. The van der Waals surface area contributed by atoms with Crippen LogP contribution < -0.4 is 10.2 Å². The fourth-order valence-electron chi connectivity index (χ4n) is 2.77. The molecular formula is C20H22FN3OS. The molecule has 1 aromatic heterocycles. The van der Waals surface area contributed by atoms with E-state index < -0.39 is 0 Å². The van der Waals surface area contributed by atoms with Crippen molar-refractivity contribution >= 4 is 32.6 Å². The molecule has 0 aliphatic carbocycles. The van der Waals surface area contributed by atoms with Crippen molar-refractivity contribution < 1.29 is 9.18 Å². The van der Waals surface area contributed by atoms with Crippen molar-refractivity contribution in [3.05, 3.63) is 59.9 Å². The van der Waals surface area contributed by atoms with Crippen molar-refractivity contribution in [1.82, 2.24) is 10.3 Å². The molecular weight excluding hydrogens is 349 g/mol. The Labute approximate surface area is 156 Å². The van der Waals surface area contributed by atoms with Gasteiger partial charge in [0.1, 0.15) is 11.3 Å². The van der Waals surface area contributed by atoms with Gasteiger partial charge in [-0.25, -0.2) is 9.37 Å². The molecule has 136 valence electrons. The molecule has 0 radical (unpaired) electrons. The van der Waals surface area contributed by atoms with Gasteiger partial charge in [0, 0.05) is 13.1 Å². The first-order valence-corrected chi connectivity index (χ1v) is 9.44. The third kappa shape index (κ3) is 4.58. The van der Waals surface area contributed by atoms with Crippen molar-refractivity contribution in [1.29, 1.82) is 0 Å². The fourth-order valence-corrected chi connectivity index (χ4v) is 3.71. The van der Waals surface area contributed by atoms with Gasteiger partial charge in [-0.15, -0.1) is 0 Å². The zero-order valence-electron chi connectivity index (χ0n) is 14.9.